The molecule has 0 radical (unpaired) electrons. The molecule has 1 atom stereocenters. The Morgan fingerprint density at radius 1 is 1.24 bits per heavy atom. The lowest BCUT2D eigenvalue weighted by Crippen LogP contribution is -2.56. The lowest BCUT2D eigenvalue weighted by atomic mass is 9.95. The topological polar surface area (TPSA) is 26.3 Å². The zero-order valence-corrected chi connectivity index (χ0v) is 8.95. The molecule has 0 heterocycles. The van der Waals surface area contributed by atoms with E-state index in [9.17, 15) is 31.1 Å². The monoisotopic (exact) mass is 264 g/mol. The Labute approximate surface area is 93.2 Å². The molecule has 0 aromatic carbocycles. The normalized spacial score (nSPS) is 15.3. The van der Waals surface area contributed by atoms with Gasteiger partial charge in [-0.2, -0.15) is 22.0 Å². The molecule has 2 nitrogen and oxygen atoms in total. The van der Waals surface area contributed by atoms with Crippen LogP contribution in [0.1, 0.15) is 13.8 Å². The molecular formula is C9H10F6O2. The van der Waals surface area contributed by atoms with Gasteiger partial charge in [0.1, 0.15) is 0 Å². The van der Waals surface area contributed by atoms with E-state index in [1.165, 1.54) is 0 Å². The Morgan fingerprint density at radius 3 is 1.94 bits per heavy atom. The number of esters is 1. The van der Waals surface area contributed by atoms with E-state index in [0.29, 0.717) is 19.9 Å². The third-order valence-corrected chi connectivity index (χ3v) is 1.93. The average Bonchev–Trinajstić information content (AvgIpc) is 2.13. The fourth-order valence-electron chi connectivity index (χ4n) is 0.872. The van der Waals surface area contributed by atoms with Gasteiger partial charge in [0.25, 0.3) is 6.17 Å². The summed E-state index contributed by atoms with van der Waals surface area (Å²) >= 11 is 0. The number of alkyl halides is 6. The maximum atomic E-state index is 13.2. The van der Waals surface area contributed by atoms with E-state index in [1.807, 2.05) is 0 Å². The molecule has 0 fully saturated rings. The number of hydrogen-bond acceptors (Lipinski definition) is 2. The first-order chi connectivity index (χ1) is 7.36. The summed E-state index contributed by atoms with van der Waals surface area (Å²) in [6.45, 7) is 3.84. The van der Waals surface area contributed by atoms with Gasteiger partial charge in [-0.3, -0.25) is 0 Å². The highest BCUT2D eigenvalue weighted by molar-refractivity contribution is 5.81. The molecule has 0 aliphatic heterocycles. The van der Waals surface area contributed by atoms with Gasteiger partial charge in [-0.1, -0.05) is 6.58 Å². The van der Waals surface area contributed by atoms with Crippen molar-refractivity contribution < 1.29 is 35.9 Å². The molecule has 1 unspecified atom stereocenters. The first-order valence-corrected chi connectivity index (χ1v) is 4.30. The second-order valence-electron chi connectivity index (χ2n) is 3.66. The number of ether oxygens (including phenoxy) is 1. The summed E-state index contributed by atoms with van der Waals surface area (Å²) in [5, 5.41) is 0. The van der Waals surface area contributed by atoms with Crippen LogP contribution in [0.4, 0.5) is 26.3 Å². The van der Waals surface area contributed by atoms with Crippen molar-refractivity contribution in [3.63, 3.8) is 0 Å². The highest BCUT2D eigenvalue weighted by atomic mass is 19.4. The summed E-state index contributed by atoms with van der Waals surface area (Å²) in [7, 11) is 0. The lowest BCUT2D eigenvalue weighted by molar-refractivity contribution is -0.288. The number of halogens is 6. The van der Waals surface area contributed by atoms with Gasteiger partial charge in [-0.25, -0.2) is 9.18 Å². The largest absolute Gasteiger partial charge is 0.450 e. The minimum Gasteiger partial charge on any atom is -0.450 e. The Kier molecular flexibility index (Phi) is 4.25. The Bertz CT molecular complexity index is 307. The van der Waals surface area contributed by atoms with Crippen LogP contribution in [0.3, 0.4) is 0 Å². The predicted molar refractivity (Wildman–Crippen MR) is 46.3 cm³/mol. The van der Waals surface area contributed by atoms with Gasteiger partial charge in [0.05, 0.1) is 0 Å². The maximum absolute atomic E-state index is 13.2. The van der Waals surface area contributed by atoms with Crippen molar-refractivity contribution in [3.05, 3.63) is 12.7 Å². The molecule has 0 bridgehead atoms. The molecule has 17 heavy (non-hydrogen) atoms. The molecule has 0 aliphatic carbocycles. The molecule has 0 aliphatic rings. The molecule has 0 aromatic rings. The van der Waals surface area contributed by atoms with Gasteiger partial charge in [-0.15, -0.1) is 0 Å². The summed E-state index contributed by atoms with van der Waals surface area (Å²) in [6, 6.07) is 0. The summed E-state index contributed by atoms with van der Waals surface area (Å²) < 4.78 is 78.7. The van der Waals surface area contributed by atoms with Crippen molar-refractivity contribution in [2.75, 3.05) is 0 Å². The molecule has 0 amide bonds. The van der Waals surface area contributed by atoms with Crippen LogP contribution in [0.5, 0.6) is 0 Å². The Hall–Kier alpha value is -1.21. The van der Waals surface area contributed by atoms with Crippen LogP contribution in [-0.4, -0.2) is 29.8 Å². The molecule has 0 spiro atoms. The van der Waals surface area contributed by atoms with Gasteiger partial charge >= 0.3 is 18.1 Å². The number of carbonyl (C=O) groups excluding carboxylic acids is 1. The molecule has 0 aromatic heterocycles. The maximum Gasteiger partial charge on any atom is 0.425 e. The van der Waals surface area contributed by atoms with E-state index in [1.54, 1.807) is 0 Å². The highest BCUT2D eigenvalue weighted by Crippen LogP contribution is 2.43. The van der Waals surface area contributed by atoms with Crippen molar-refractivity contribution >= 4 is 5.97 Å². The van der Waals surface area contributed by atoms with E-state index in [4.69, 9.17) is 0 Å². The van der Waals surface area contributed by atoms with Crippen LogP contribution < -0.4 is 0 Å². The van der Waals surface area contributed by atoms with Gasteiger partial charge in [-0.05, 0) is 13.8 Å². The van der Waals surface area contributed by atoms with Crippen molar-refractivity contribution in [1.82, 2.24) is 0 Å². The molecular weight excluding hydrogens is 254 g/mol. The van der Waals surface area contributed by atoms with Crippen molar-refractivity contribution in [1.29, 1.82) is 0 Å². The third-order valence-electron chi connectivity index (χ3n) is 1.93. The third kappa shape index (κ3) is 3.37. The Morgan fingerprint density at radius 2 is 1.65 bits per heavy atom. The number of carbonyl (C=O) groups is 1. The summed E-state index contributed by atoms with van der Waals surface area (Å²) in [4.78, 5) is 10.7. The smallest absolute Gasteiger partial charge is 0.425 e. The van der Waals surface area contributed by atoms with Crippen LogP contribution in [0.15, 0.2) is 12.7 Å². The van der Waals surface area contributed by atoms with Crippen LogP contribution in [0.2, 0.25) is 0 Å². The van der Waals surface area contributed by atoms with E-state index in [-0.39, 0.29) is 0 Å². The fourth-order valence-corrected chi connectivity index (χ4v) is 0.872. The second kappa shape index (κ2) is 4.58. The summed E-state index contributed by atoms with van der Waals surface area (Å²) in [5.74, 6) is -6.28. The standard InChI is InChI=1S/C9H10F6O2/c1-4-5(16)17-7(2,3)8(11,12)6(10)9(13,14)15/h4,6H,1H2,2-3H3. The lowest BCUT2D eigenvalue weighted by Gasteiger charge is -2.35. The van der Waals surface area contributed by atoms with Gasteiger partial charge in [0.2, 0.25) is 0 Å². The molecule has 0 saturated carbocycles. The fraction of sp³-hybridized carbons (Fsp3) is 0.667. The van der Waals surface area contributed by atoms with E-state index < -0.39 is 29.8 Å². The van der Waals surface area contributed by atoms with Crippen molar-refractivity contribution in [2.24, 2.45) is 0 Å². The number of rotatable bonds is 4. The quantitative estimate of drug-likeness (QED) is 0.443. The first-order valence-electron chi connectivity index (χ1n) is 4.30. The summed E-state index contributed by atoms with van der Waals surface area (Å²) in [6.07, 6.45) is -9.69. The van der Waals surface area contributed by atoms with Crippen LogP contribution in [0.25, 0.3) is 0 Å². The van der Waals surface area contributed by atoms with Gasteiger partial charge < -0.3 is 4.74 Å². The van der Waals surface area contributed by atoms with Crippen LogP contribution in [0, 0.1) is 0 Å². The van der Waals surface area contributed by atoms with Crippen LogP contribution in [-0.2, 0) is 9.53 Å². The highest BCUT2D eigenvalue weighted by Gasteiger charge is 2.65. The average molecular weight is 264 g/mol. The first kappa shape index (κ1) is 15.8. The van der Waals surface area contributed by atoms with Crippen molar-refractivity contribution in [2.45, 2.75) is 37.7 Å². The molecule has 0 N–H and O–H groups in total. The Balaban J connectivity index is 5.15. The van der Waals surface area contributed by atoms with Crippen LogP contribution >= 0.6 is 0 Å². The summed E-state index contributed by atoms with van der Waals surface area (Å²) in [5.41, 5.74) is -2.95. The SMILES string of the molecule is C=CC(=O)OC(C)(C)C(F)(F)C(F)C(F)(F)F. The van der Waals surface area contributed by atoms with E-state index in [0.717, 1.165) is 0 Å². The molecule has 0 saturated heterocycles. The number of hydrogen-bond donors (Lipinski definition) is 0. The molecule has 0 rings (SSSR count). The molecule has 100 valence electrons. The van der Waals surface area contributed by atoms with E-state index in [2.05, 4.69) is 11.3 Å². The minimum absolute atomic E-state index is 0.479. The zero-order chi connectivity index (χ0) is 14.1. The van der Waals surface area contributed by atoms with Gasteiger partial charge in [0.15, 0.2) is 5.60 Å². The predicted octanol–water partition coefficient (Wildman–Crippen LogP) is 3.03. The van der Waals surface area contributed by atoms with E-state index >= 15 is 0 Å². The second-order valence-corrected chi connectivity index (χ2v) is 3.66. The minimum atomic E-state index is -5.75. The van der Waals surface area contributed by atoms with Gasteiger partial charge in [0, 0.05) is 6.08 Å². The zero-order valence-electron chi connectivity index (χ0n) is 8.95. The molecule has 8 heteroatoms. The van der Waals surface area contributed by atoms with Crippen molar-refractivity contribution in [3.8, 4) is 0 Å².